The van der Waals surface area contributed by atoms with E-state index in [1.807, 2.05) is 0 Å². The molecule has 0 amide bonds. The first-order valence-electron chi connectivity index (χ1n) is 6.23. The molecule has 2 rings (SSSR count). The first-order valence-corrected chi connectivity index (χ1v) is 8.06. The van der Waals surface area contributed by atoms with Crippen molar-refractivity contribution in [2.75, 3.05) is 31.3 Å². The van der Waals surface area contributed by atoms with Crippen LogP contribution < -0.4 is 0 Å². The molecule has 0 aromatic rings. The van der Waals surface area contributed by atoms with Crippen LogP contribution in [0.15, 0.2) is 0 Å². The van der Waals surface area contributed by atoms with Crippen molar-refractivity contribution in [2.24, 2.45) is 0 Å². The number of carbonyl (C=O) groups is 1. The summed E-state index contributed by atoms with van der Waals surface area (Å²) in [5.74, 6) is -0.400. The van der Waals surface area contributed by atoms with Gasteiger partial charge in [0.1, 0.15) is 9.84 Å². The molecular weight excluding hydrogens is 258 g/mol. The normalized spacial score (nSPS) is 30.1. The molecule has 2 saturated heterocycles. The predicted molar refractivity (Wildman–Crippen MR) is 65.2 cm³/mol. The Labute approximate surface area is 107 Å². The Kier molecular flexibility index (Phi) is 4.24. The topological polar surface area (TPSA) is 83.9 Å². The zero-order valence-corrected chi connectivity index (χ0v) is 11.1. The van der Waals surface area contributed by atoms with Crippen LogP contribution in [0.2, 0.25) is 0 Å². The largest absolute Gasteiger partial charge is 0.481 e. The third-order valence-corrected chi connectivity index (χ3v) is 5.39. The quantitative estimate of drug-likeness (QED) is 0.765. The highest BCUT2D eigenvalue weighted by Crippen LogP contribution is 2.23. The van der Waals surface area contributed by atoms with E-state index in [9.17, 15) is 13.2 Å². The average Bonchev–Trinajstić information content (AvgIpc) is 2.29. The van der Waals surface area contributed by atoms with E-state index in [1.54, 1.807) is 0 Å². The molecule has 18 heavy (non-hydrogen) atoms. The van der Waals surface area contributed by atoms with Crippen molar-refractivity contribution in [1.82, 2.24) is 4.90 Å². The molecular formula is C11H19NO5S. The summed E-state index contributed by atoms with van der Waals surface area (Å²) in [6.07, 6.45) is 1.28. The molecule has 0 aromatic heterocycles. The van der Waals surface area contributed by atoms with Gasteiger partial charge in [0, 0.05) is 18.6 Å². The van der Waals surface area contributed by atoms with Gasteiger partial charge in [-0.3, -0.25) is 9.69 Å². The second kappa shape index (κ2) is 5.54. The molecule has 7 heteroatoms. The molecule has 0 aromatic carbocycles. The standard InChI is InChI=1S/C11H19NO5S/c13-11(14)7-10-8-17-4-3-12(10)9-1-5-18(15,16)6-2-9/h9-10H,1-8H2,(H,13,14). The summed E-state index contributed by atoms with van der Waals surface area (Å²) in [7, 11) is -2.87. The molecule has 0 aliphatic carbocycles. The summed E-state index contributed by atoms with van der Waals surface area (Å²) < 4.78 is 28.1. The lowest BCUT2D eigenvalue weighted by Gasteiger charge is -2.41. The van der Waals surface area contributed by atoms with Crippen LogP contribution in [0, 0.1) is 0 Å². The van der Waals surface area contributed by atoms with E-state index in [0.717, 1.165) is 0 Å². The van der Waals surface area contributed by atoms with Gasteiger partial charge in [0.25, 0.3) is 0 Å². The minimum Gasteiger partial charge on any atom is -0.481 e. The Morgan fingerprint density at radius 1 is 1.33 bits per heavy atom. The summed E-state index contributed by atoms with van der Waals surface area (Å²) in [4.78, 5) is 13.0. The number of rotatable bonds is 3. The number of aliphatic carboxylic acids is 1. The molecule has 6 nitrogen and oxygen atoms in total. The molecule has 2 heterocycles. The summed E-state index contributed by atoms with van der Waals surface area (Å²) in [5.41, 5.74) is 0. The Balaban J connectivity index is 1.99. The third kappa shape index (κ3) is 3.43. The zero-order chi connectivity index (χ0) is 13.2. The molecule has 104 valence electrons. The Hall–Kier alpha value is -0.660. The fourth-order valence-corrected chi connectivity index (χ4v) is 4.20. The van der Waals surface area contributed by atoms with Gasteiger partial charge in [-0.05, 0) is 12.8 Å². The molecule has 0 bridgehead atoms. The molecule has 2 aliphatic rings. The summed E-state index contributed by atoms with van der Waals surface area (Å²) in [6.45, 7) is 1.72. The van der Waals surface area contributed by atoms with Gasteiger partial charge in [0.05, 0.1) is 31.1 Å². The van der Waals surface area contributed by atoms with Crippen LogP contribution >= 0.6 is 0 Å². The van der Waals surface area contributed by atoms with Gasteiger partial charge in [-0.1, -0.05) is 0 Å². The summed E-state index contributed by atoms with van der Waals surface area (Å²) >= 11 is 0. The molecule has 1 N–H and O–H groups in total. The number of carboxylic acids is 1. The predicted octanol–water partition coefficient (Wildman–Crippen LogP) is -0.261. The molecule has 2 aliphatic heterocycles. The van der Waals surface area contributed by atoms with Crippen LogP contribution in [-0.4, -0.2) is 67.7 Å². The van der Waals surface area contributed by atoms with E-state index in [0.29, 0.717) is 32.6 Å². The van der Waals surface area contributed by atoms with E-state index < -0.39 is 15.8 Å². The SMILES string of the molecule is O=C(O)CC1COCCN1C1CCS(=O)(=O)CC1. The highest BCUT2D eigenvalue weighted by molar-refractivity contribution is 7.91. The highest BCUT2D eigenvalue weighted by atomic mass is 32.2. The number of ether oxygens (including phenoxy) is 1. The van der Waals surface area contributed by atoms with Gasteiger partial charge in [0.2, 0.25) is 0 Å². The first-order chi connectivity index (χ1) is 8.48. The van der Waals surface area contributed by atoms with Gasteiger partial charge in [0.15, 0.2) is 0 Å². The minimum atomic E-state index is -2.87. The van der Waals surface area contributed by atoms with Gasteiger partial charge >= 0.3 is 5.97 Å². The lowest BCUT2D eigenvalue weighted by atomic mass is 10.0. The second-order valence-corrected chi connectivity index (χ2v) is 7.25. The van der Waals surface area contributed by atoms with Gasteiger partial charge in [-0.15, -0.1) is 0 Å². The van der Waals surface area contributed by atoms with E-state index in [-0.39, 0.29) is 30.0 Å². The van der Waals surface area contributed by atoms with Crippen LogP contribution in [0.5, 0.6) is 0 Å². The highest BCUT2D eigenvalue weighted by Gasteiger charge is 2.34. The lowest BCUT2D eigenvalue weighted by molar-refractivity contribution is -0.141. The van der Waals surface area contributed by atoms with Crippen molar-refractivity contribution in [2.45, 2.75) is 31.3 Å². The monoisotopic (exact) mass is 277 g/mol. The van der Waals surface area contributed by atoms with Crippen LogP contribution in [0.1, 0.15) is 19.3 Å². The van der Waals surface area contributed by atoms with Crippen LogP contribution in [0.3, 0.4) is 0 Å². The van der Waals surface area contributed by atoms with Crippen molar-refractivity contribution in [3.05, 3.63) is 0 Å². The lowest BCUT2D eigenvalue weighted by Crippen LogP contribution is -2.53. The maximum Gasteiger partial charge on any atom is 0.305 e. The van der Waals surface area contributed by atoms with E-state index in [2.05, 4.69) is 4.90 Å². The van der Waals surface area contributed by atoms with Gasteiger partial charge in [-0.25, -0.2) is 8.42 Å². The summed E-state index contributed by atoms with van der Waals surface area (Å²) in [6, 6.07) is 0.0591. The van der Waals surface area contributed by atoms with E-state index in [4.69, 9.17) is 9.84 Å². The van der Waals surface area contributed by atoms with Crippen molar-refractivity contribution in [1.29, 1.82) is 0 Å². The molecule has 0 radical (unpaired) electrons. The zero-order valence-electron chi connectivity index (χ0n) is 10.2. The Morgan fingerprint density at radius 2 is 2.00 bits per heavy atom. The number of hydrogen-bond donors (Lipinski definition) is 1. The molecule has 0 saturated carbocycles. The van der Waals surface area contributed by atoms with Crippen molar-refractivity contribution in [3.63, 3.8) is 0 Å². The average molecular weight is 277 g/mol. The Bertz CT molecular complexity index is 394. The van der Waals surface area contributed by atoms with E-state index in [1.165, 1.54) is 0 Å². The fraction of sp³-hybridized carbons (Fsp3) is 0.909. The van der Waals surface area contributed by atoms with Crippen LogP contribution in [0.25, 0.3) is 0 Å². The van der Waals surface area contributed by atoms with Crippen LogP contribution in [0.4, 0.5) is 0 Å². The number of morpholine rings is 1. The number of sulfone groups is 1. The van der Waals surface area contributed by atoms with Gasteiger partial charge in [-0.2, -0.15) is 0 Å². The third-order valence-electron chi connectivity index (χ3n) is 3.68. The Morgan fingerprint density at radius 3 is 2.61 bits per heavy atom. The number of hydrogen-bond acceptors (Lipinski definition) is 5. The van der Waals surface area contributed by atoms with E-state index >= 15 is 0 Å². The maximum atomic E-state index is 11.4. The molecule has 0 spiro atoms. The van der Waals surface area contributed by atoms with Crippen LogP contribution in [-0.2, 0) is 19.4 Å². The van der Waals surface area contributed by atoms with Crippen molar-refractivity contribution >= 4 is 15.8 Å². The van der Waals surface area contributed by atoms with Gasteiger partial charge < -0.3 is 9.84 Å². The molecule has 2 fully saturated rings. The van der Waals surface area contributed by atoms with Crippen molar-refractivity contribution in [3.8, 4) is 0 Å². The first kappa shape index (κ1) is 13.8. The number of carboxylic acid groups (broad SMARTS) is 1. The second-order valence-electron chi connectivity index (χ2n) is 4.95. The molecule has 1 unspecified atom stereocenters. The maximum absolute atomic E-state index is 11.4. The van der Waals surface area contributed by atoms with Crippen molar-refractivity contribution < 1.29 is 23.1 Å². The summed E-state index contributed by atoms with van der Waals surface area (Å²) in [5, 5.41) is 8.89. The fourth-order valence-electron chi connectivity index (χ4n) is 2.74. The number of nitrogens with zero attached hydrogens (tertiary/aromatic N) is 1. The smallest absolute Gasteiger partial charge is 0.305 e. The minimum absolute atomic E-state index is 0.0588. The molecule has 1 atom stereocenters.